The summed E-state index contributed by atoms with van der Waals surface area (Å²) < 4.78 is 5.38. The third-order valence-electron chi connectivity index (χ3n) is 5.40. The molecule has 3 aromatic rings. The summed E-state index contributed by atoms with van der Waals surface area (Å²) in [7, 11) is 0. The van der Waals surface area contributed by atoms with E-state index in [0.29, 0.717) is 29.1 Å². The highest BCUT2D eigenvalue weighted by atomic mass is 35.5. The van der Waals surface area contributed by atoms with Crippen molar-refractivity contribution in [2.75, 3.05) is 5.32 Å². The summed E-state index contributed by atoms with van der Waals surface area (Å²) in [6, 6.07) is 19.3. The van der Waals surface area contributed by atoms with Gasteiger partial charge in [-0.1, -0.05) is 48.0 Å². The Balaban J connectivity index is 1.49. The van der Waals surface area contributed by atoms with Gasteiger partial charge < -0.3 is 26.2 Å². The maximum atomic E-state index is 12.4. The molecule has 0 aliphatic heterocycles. The third-order valence-corrected chi connectivity index (χ3v) is 5.75. The standard InChI is InChI=1S/C27H27ClN4O5/c28-22-16-21(37-26(36)19-9-12-20(13-10-19)31-27(29)30)14-11-18(22)7-4-8-24(33)32-23(25(34)35)15-17-5-2-1-3-6-17/h1-3,5-6,9-14,16,23H,4,7-8,15H2,(H,32,33)(H,34,35)(H4,29,30,31)/t23-/m0/s1. The van der Waals surface area contributed by atoms with E-state index in [1.165, 1.54) is 6.07 Å². The molecule has 192 valence electrons. The Kier molecular flexibility index (Phi) is 9.62. The summed E-state index contributed by atoms with van der Waals surface area (Å²) in [6.45, 7) is 0. The molecule has 0 bridgehead atoms. The van der Waals surface area contributed by atoms with Gasteiger partial charge in [0.25, 0.3) is 0 Å². The zero-order valence-electron chi connectivity index (χ0n) is 19.9. The van der Waals surface area contributed by atoms with Crippen LogP contribution in [0.1, 0.15) is 34.3 Å². The largest absolute Gasteiger partial charge is 0.480 e. The van der Waals surface area contributed by atoms with Gasteiger partial charge >= 0.3 is 11.9 Å². The van der Waals surface area contributed by atoms with E-state index in [0.717, 1.165) is 11.1 Å². The molecule has 0 aliphatic rings. The summed E-state index contributed by atoms with van der Waals surface area (Å²) in [5, 5.41) is 22.3. The number of nitrogens with one attached hydrogen (secondary N) is 3. The lowest BCUT2D eigenvalue weighted by molar-refractivity contribution is -0.141. The van der Waals surface area contributed by atoms with Crippen molar-refractivity contribution in [3.63, 3.8) is 0 Å². The minimum Gasteiger partial charge on any atom is -0.480 e. The number of carboxylic acids is 1. The fourth-order valence-electron chi connectivity index (χ4n) is 3.56. The van der Waals surface area contributed by atoms with Gasteiger partial charge in [0, 0.05) is 23.6 Å². The van der Waals surface area contributed by atoms with E-state index in [1.807, 2.05) is 30.3 Å². The molecule has 0 aromatic heterocycles. The highest BCUT2D eigenvalue weighted by molar-refractivity contribution is 6.31. The Morgan fingerprint density at radius 2 is 1.73 bits per heavy atom. The molecule has 10 heteroatoms. The molecule has 1 amide bonds. The SMILES string of the molecule is N=C(N)Nc1ccc(C(=O)Oc2ccc(CCCC(=O)N[C@@H](Cc3ccccc3)C(=O)O)c(Cl)c2)cc1. The average Bonchev–Trinajstić information content (AvgIpc) is 2.85. The van der Waals surface area contributed by atoms with E-state index < -0.39 is 18.0 Å². The van der Waals surface area contributed by atoms with Gasteiger partial charge in [-0.3, -0.25) is 10.2 Å². The molecular weight excluding hydrogens is 496 g/mol. The van der Waals surface area contributed by atoms with E-state index in [4.69, 9.17) is 27.5 Å². The average molecular weight is 523 g/mol. The lowest BCUT2D eigenvalue weighted by Crippen LogP contribution is -2.42. The maximum Gasteiger partial charge on any atom is 0.343 e. The number of guanidine groups is 1. The highest BCUT2D eigenvalue weighted by Crippen LogP contribution is 2.25. The van der Waals surface area contributed by atoms with Crippen LogP contribution in [-0.4, -0.2) is 35.0 Å². The number of carbonyl (C=O) groups is 3. The number of carbonyl (C=O) groups excluding carboxylic acids is 2. The van der Waals surface area contributed by atoms with Crippen molar-refractivity contribution >= 4 is 41.1 Å². The van der Waals surface area contributed by atoms with Gasteiger partial charge in [-0.2, -0.15) is 0 Å². The first-order valence-electron chi connectivity index (χ1n) is 11.5. The predicted octanol–water partition coefficient (Wildman–Crippen LogP) is 4.00. The van der Waals surface area contributed by atoms with Crippen LogP contribution >= 0.6 is 11.6 Å². The van der Waals surface area contributed by atoms with Crippen LogP contribution < -0.4 is 21.1 Å². The normalized spacial score (nSPS) is 11.3. The summed E-state index contributed by atoms with van der Waals surface area (Å²) >= 11 is 6.35. The fourth-order valence-corrected chi connectivity index (χ4v) is 3.83. The summed E-state index contributed by atoms with van der Waals surface area (Å²) in [4.78, 5) is 36.3. The van der Waals surface area contributed by atoms with Crippen LogP contribution in [0.3, 0.4) is 0 Å². The van der Waals surface area contributed by atoms with E-state index in [9.17, 15) is 19.5 Å². The molecule has 0 radical (unpaired) electrons. The van der Waals surface area contributed by atoms with Gasteiger partial charge in [0.2, 0.25) is 5.91 Å². The lowest BCUT2D eigenvalue weighted by atomic mass is 10.0. The van der Waals surface area contributed by atoms with Gasteiger partial charge in [0.1, 0.15) is 11.8 Å². The van der Waals surface area contributed by atoms with Gasteiger partial charge in [0.15, 0.2) is 5.96 Å². The number of benzene rings is 3. The molecule has 0 unspecified atom stereocenters. The second kappa shape index (κ2) is 13.1. The van der Waals surface area contributed by atoms with Gasteiger partial charge in [-0.15, -0.1) is 0 Å². The lowest BCUT2D eigenvalue weighted by Gasteiger charge is -2.15. The molecule has 6 N–H and O–H groups in total. The molecule has 0 aliphatic carbocycles. The van der Waals surface area contributed by atoms with Gasteiger partial charge in [0.05, 0.1) is 5.56 Å². The van der Waals surface area contributed by atoms with E-state index in [2.05, 4.69) is 10.6 Å². The number of anilines is 1. The molecule has 9 nitrogen and oxygen atoms in total. The van der Waals surface area contributed by atoms with Gasteiger partial charge in [-0.25, -0.2) is 9.59 Å². The number of aliphatic carboxylic acids is 1. The molecule has 0 fully saturated rings. The number of esters is 1. The molecule has 0 spiro atoms. The van der Waals surface area contributed by atoms with E-state index in [-0.39, 0.29) is 30.5 Å². The number of ether oxygens (including phenoxy) is 1. The first kappa shape index (κ1) is 27.2. The van der Waals surface area contributed by atoms with Crippen LogP contribution in [0.2, 0.25) is 5.02 Å². The topological polar surface area (TPSA) is 155 Å². The minimum atomic E-state index is -1.09. The number of rotatable bonds is 11. The van der Waals surface area contributed by atoms with Crippen molar-refractivity contribution in [1.29, 1.82) is 5.41 Å². The molecule has 0 saturated carbocycles. The number of nitrogens with two attached hydrogens (primary N) is 1. The van der Waals surface area contributed by atoms with Crippen LogP contribution in [0.15, 0.2) is 72.8 Å². The number of hydrogen-bond acceptors (Lipinski definition) is 5. The quantitative estimate of drug-likeness (QED) is 0.110. The zero-order chi connectivity index (χ0) is 26.8. The Bertz CT molecular complexity index is 1270. The zero-order valence-corrected chi connectivity index (χ0v) is 20.6. The van der Waals surface area contributed by atoms with Crippen molar-refractivity contribution in [2.45, 2.75) is 31.7 Å². The highest BCUT2D eigenvalue weighted by Gasteiger charge is 2.20. The third kappa shape index (κ3) is 8.66. The summed E-state index contributed by atoms with van der Waals surface area (Å²) in [5.74, 6) is -1.95. The van der Waals surface area contributed by atoms with Crippen molar-refractivity contribution in [3.8, 4) is 5.75 Å². The second-order valence-corrected chi connectivity index (χ2v) is 8.67. The minimum absolute atomic E-state index is 0.139. The van der Waals surface area contributed by atoms with Crippen molar-refractivity contribution in [1.82, 2.24) is 5.32 Å². The van der Waals surface area contributed by atoms with Crippen molar-refractivity contribution < 1.29 is 24.2 Å². The Labute approximate surface area is 219 Å². The number of amides is 1. The maximum absolute atomic E-state index is 12.4. The van der Waals surface area contributed by atoms with Crippen LogP contribution in [0.5, 0.6) is 5.75 Å². The van der Waals surface area contributed by atoms with Crippen LogP contribution in [0.25, 0.3) is 0 Å². The molecule has 3 aromatic carbocycles. The monoisotopic (exact) mass is 522 g/mol. The van der Waals surface area contributed by atoms with Crippen LogP contribution in [-0.2, 0) is 22.4 Å². The first-order valence-corrected chi connectivity index (χ1v) is 11.9. The number of hydrogen-bond donors (Lipinski definition) is 5. The van der Waals surface area contributed by atoms with Gasteiger partial charge in [-0.05, 0) is 60.4 Å². The summed E-state index contributed by atoms with van der Waals surface area (Å²) in [5.41, 5.74) is 7.76. The van der Waals surface area contributed by atoms with Crippen molar-refractivity contribution in [3.05, 3.63) is 94.5 Å². The number of aryl methyl sites for hydroxylation is 1. The van der Waals surface area contributed by atoms with E-state index >= 15 is 0 Å². The molecule has 0 heterocycles. The molecule has 0 saturated heterocycles. The second-order valence-electron chi connectivity index (χ2n) is 8.26. The summed E-state index contributed by atoms with van der Waals surface area (Å²) in [6.07, 6.45) is 1.29. The number of carboxylic acid groups (broad SMARTS) is 1. The fraction of sp³-hybridized carbons (Fsp3) is 0.185. The number of halogens is 1. The predicted molar refractivity (Wildman–Crippen MR) is 141 cm³/mol. The Morgan fingerprint density at radius 3 is 2.35 bits per heavy atom. The molecule has 3 rings (SSSR count). The van der Waals surface area contributed by atoms with E-state index in [1.54, 1.807) is 36.4 Å². The Morgan fingerprint density at radius 1 is 1.03 bits per heavy atom. The first-order chi connectivity index (χ1) is 17.7. The Hall–Kier alpha value is -4.37. The van der Waals surface area contributed by atoms with Crippen LogP contribution in [0.4, 0.5) is 5.69 Å². The molecule has 1 atom stereocenters. The van der Waals surface area contributed by atoms with Crippen LogP contribution in [0, 0.1) is 5.41 Å². The molecule has 37 heavy (non-hydrogen) atoms. The molecular formula is C27H27ClN4O5. The smallest absolute Gasteiger partial charge is 0.343 e. The van der Waals surface area contributed by atoms with Crippen molar-refractivity contribution in [2.24, 2.45) is 5.73 Å².